The van der Waals surface area contributed by atoms with Crippen molar-refractivity contribution in [3.8, 4) is 5.75 Å². The van der Waals surface area contributed by atoms with Gasteiger partial charge >= 0.3 is 0 Å². The molecule has 0 radical (unpaired) electrons. The second kappa shape index (κ2) is 9.09. The minimum absolute atomic E-state index is 0.0223. The second-order valence-electron chi connectivity index (χ2n) is 9.73. The Morgan fingerprint density at radius 1 is 0.893 bits per heavy atom. The Hall–Kier alpha value is -1.19. The first-order valence-electron chi connectivity index (χ1n) is 10.6. The summed E-state index contributed by atoms with van der Waals surface area (Å²) in [5, 5.41) is 13.5. The van der Waals surface area contributed by atoms with Gasteiger partial charge in [0.05, 0.1) is 9.52 Å². The largest absolute Gasteiger partial charge is 0.508 e. The van der Waals surface area contributed by atoms with Gasteiger partial charge in [0.25, 0.3) is 0 Å². The smallest absolute Gasteiger partial charge is 0.119 e. The highest BCUT2D eigenvalue weighted by Gasteiger charge is 2.25. The van der Waals surface area contributed by atoms with Gasteiger partial charge in [0.1, 0.15) is 5.75 Å². The van der Waals surface area contributed by atoms with Crippen molar-refractivity contribution in [3.05, 3.63) is 52.6 Å². The number of hydrogen-bond donors (Lipinski definition) is 1. The number of rotatable bonds is 6. The van der Waals surface area contributed by atoms with Crippen molar-refractivity contribution in [2.24, 2.45) is 0 Å². The van der Waals surface area contributed by atoms with Crippen LogP contribution in [0.5, 0.6) is 5.75 Å². The lowest BCUT2D eigenvalue weighted by Crippen LogP contribution is -2.23. The van der Waals surface area contributed by atoms with Crippen LogP contribution >= 0.6 is 11.8 Å². The molecular formula is C25H38OSSi. The van der Waals surface area contributed by atoms with E-state index in [1.807, 2.05) is 17.8 Å². The maximum absolute atomic E-state index is 10.6. The molecule has 28 heavy (non-hydrogen) atoms. The number of phenolic OH excluding ortho intramolecular Hbond substituents is 1. The molecule has 0 heterocycles. The average molecular weight is 415 g/mol. The van der Waals surface area contributed by atoms with E-state index in [0.717, 1.165) is 18.4 Å². The molecule has 154 valence electrons. The van der Waals surface area contributed by atoms with Crippen LogP contribution in [0.3, 0.4) is 0 Å². The normalized spacial score (nSPS) is 12.9. The molecule has 2 rings (SSSR count). The third kappa shape index (κ3) is 5.45. The molecule has 0 fully saturated rings. The van der Waals surface area contributed by atoms with E-state index in [-0.39, 0.29) is 20.3 Å². The van der Waals surface area contributed by atoms with E-state index >= 15 is 0 Å². The van der Waals surface area contributed by atoms with Crippen LogP contribution in [-0.2, 0) is 23.7 Å². The van der Waals surface area contributed by atoms with Crippen molar-refractivity contribution in [3.63, 3.8) is 0 Å². The number of thioether (sulfide) groups is 1. The highest BCUT2D eigenvalue weighted by atomic mass is 32.2. The van der Waals surface area contributed by atoms with E-state index in [0.29, 0.717) is 5.75 Å². The highest BCUT2D eigenvalue weighted by Crippen LogP contribution is 2.40. The number of hydrogen-bond acceptors (Lipinski definition) is 2. The van der Waals surface area contributed by atoms with Gasteiger partial charge in [-0.2, -0.15) is 0 Å². The molecule has 0 saturated heterocycles. The molecule has 0 unspecified atom stereocenters. The minimum atomic E-state index is -0.341. The van der Waals surface area contributed by atoms with Crippen molar-refractivity contribution >= 4 is 26.5 Å². The van der Waals surface area contributed by atoms with Crippen LogP contribution in [0, 0.1) is 0 Å². The molecule has 1 nitrogen and oxygen atoms in total. The Bertz CT molecular complexity index is 813. The van der Waals surface area contributed by atoms with Gasteiger partial charge in [0.15, 0.2) is 0 Å². The van der Waals surface area contributed by atoms with Gasteiger partial charge in [-0.15, -0.1) is 11.8 Å². The summed E-state index contributed by atoms with van der Waals surface area (Å²) in [6.45, 7) is 17.8. The van der Waals surface area contributed by atoms with Crippen LogP contribution in [0.15, 0.2) is 35.2 Å². The van der Waals surface area contributed by atoms with Crippen molar-refractivity contribution in [1.82, 2.24) is 0 Å². The average Bonchev–Trinajstić information content (AvgIpc) is 2.60. The van der Waals surface area contributed by atoms with Gasteiger partial charge in [0.2, 0.25) is 0 Å². The first kappa shape index (κ1) is 23.1. The van der Waals surface area contributed by atoms with Crippen LogP contribution in [0.2, 0.25) is 0 Å². The Morgan fingerprint density at radius 3 is 2.07 bits per heavy atom. The first-order valence-corrected chi connectivity index (χ1v) is 13.3. The quantitative estimate of drug-likeness (QED) is 0.486. The van der Waals surface area contributed by atoms with Gasteiger partial charge in [-0.3, -0.25) is 0 Å². The number of benzene rings is 2. The first-order chi connectivity index (χ1) is 13.0. The molecule has 0 saturated carbocycles. The molecule has 0 amide bonds. The van der Waals surface area contributed by atoms with Gasteiger partial charge in [-0.25, -0.2) is 0 Å². The van der Waals surface area contributed by atoms with Crippen LogP contribution in [-0.4, -0.2) is 20.0 Å². The maximum Gasteiger partial charge on any atom is 0.119 e. The molecule has 0 spiro atoms. The summed E-state index contributed by atoms with van der Waals surface area (Å²) >= 11 is 1.99. The predicted molar refractivity (Wildman–Crippen MR) is 130 cm³/mol. The van der Waals surface area contributed by atoms with E-state index in [9.17, 15) is 5.11 Å². The Morgan fingerprint density at radius 2 is 1.54 bits per heavy atom. The third-order valence-corrected chi connectivity index (χ3v) is 8.93. The molecule has 0 bridgehead atoms. The molecule has 0 aliphatic heterocycles. The summed E-state index contributed by atoms with van der Waals surface area (Å²) in [6, 6.07) is 11.1. The van der Waals surface area contributed by atoms with E-state index in [4.69, 9.17) is 0 Å². The third-order valence-electron chi connectivity index (χ3n) is 5.45. The van der Waals surface area contributed by atoms with Crippen molar-refractivity contribution in [2.75, 3.05) is 5.38 Å². The molecular weight excluding hydrogens is 376 g/mol. The standard InChI is InChI=1S/C25H38OSSi/c1-9-17-12-11-13-23(18(17)10-2)28-16-27-22-15-19(24(3,4)5)21(26)14-20(22)25(6,7)8/h11-15,26H,9-10,16,28H2,1-8H3. The molecule has 2 aromatic carbocycles. The molecule has 0 aliphatic rings. The summed E-state index contributed by atoms with van der Waals surface area (Å²) in [6.07, 6.45) is 2.26. The molecule has 3 heteroatoms. The van der Waals surface area contributed by atoms with E-state index in [1.165, 1.54) is 21.4 Å². The second-order valence-corrected chi connectivity index (χ2v) is 13.3. The summed E-state index contributed by atoms with van der Waals surface area (Å²) in [5.74, 6) is 0.433. The fraction of sp³-hybridized carbons (Fsp3) is 0.520. The van der Waals surface area contributed by atoms with Crippen molar-refractivity contribution < 1.29 is 5.11 Å². The molecule has 1 N–H and O–H groups in total. The van der Waals surface area contributed by atoms with Crippen LogP contribution < -0.4 is 5.19 Å². The van der Waals surface area contributed by atoms with Gasteiger partial charge in [-0.05, 0) is 57.9 Å². The van der Waals surface area contributed by atoms with Crippen LogP contribution in [0.25, 0.3) is 0 Å². The Balaban J connectivity index is 2.31. The summed E-state index contributed by atoms with van der Waals surface area (Å²) < 4.78 is 0. The SMILES string of the molecule is CCc1cccc([SiH2]CSc2cc(C(C)(C)C)c(O)cc2C(C)(C)C)c1CC. The predicted octanol–water partition coefficient (Wildman–Crippen LogP) is 5.66. The minimum Gasteiger partial charge on any atom is -0.508 e. The van der Waals surface area contributed by atoms with Gasteiger partial charge in [-0.1, -0.05) is 78.8 Å². The molecule has 2 aromatic rings. The summed E-state index contributed by atoms with van der Waals surface area (Å²) in [7, 11) is -0.341. The van der Waals surface area contributed by atoms with Crippen LogP contribution in [0.4, 0.5) is 0 Å². The van der Waals surface area contributed by atoms with E-state index in [1.54, 1.807) is 10.8 Å². The zero-order valence-electron chi connectivity index (χ0n) is 19.1. The monoisotopic (exact) mass is 414 g/mol. The summed E-state index contributed by atoms with van der Waals surface area (Å²) in [5.41, 5.74) is 5.39. The van der Waals surface area contributed by atoms with E-state index in [2.05, 4.69) is 79.7 Å². The topological polar surface area (TPSA) is 20.2 Å². The molecule has 0 aromatic heterocycles. The zero-order valence-corrected chi connectivity index (χ0v) is 21.3. The number of aromatic hydroxyl groups is 1. The Labute approximate surface area is 179 Å². The fourth-order valence-electron chi connectivity index (χ4n) is 3.85. The van der Waals surface area contributed by atoms with E-state index < -0.39 is 0 Å². The van der Waals surface area contributed by atoms with Crippen molar-refractivity contribution in [2.45, 2.75) is 84.0 Å². The number of aryl methyl sites for hydroxylation is 1. The van der Waals surface area contributed by atoms with Crippen molar-refractivity contribution in [1.29, 1.82) is 0 Å². The maximum atomic E-state index is 10.6. The highest BCUT2D eigenvalue weighted by molar-refractivity contribution is 8.00. The van der Waals surface area contributed by atoms with Gasteiger partial charge < -0.3 is 5.11 Å². The zero-order chi connectivity index (χ0) is 21.1. The summed E-state index contributed by atoms with van der Waals surface area (Å²) in [4.78, 5) is 1.34. The Kier molecular flexibility index (Phi) is 7.49. The number of phenols is 1. The molecule has 0 atom stereocenters. The van der Waals surface area contributed by atoms with Crippen LogP contribution in [0.1, 0.15) is 77.6 Å². The lowest BCUT2D eigenvalue weighted by molar-refractivity contribution is 0.441. The van der Waals surface area contributed by atoms with Gasteiger partial charge in [0, 0.05) is 10.5 Å². The fourth-order valence-corrected chi connectivity index (χ4v) is 7.82. The lowest BCUT2D eigenvalue weighted by Gasteiger charge is -2.27. The lowest BCUT2D eigenvalue weighted by atomic mass is 9.81. The molecule has 0 aliphatic carbocycles.